The van der Waals surface area contributed by atoms with Gasteiger partial charge in [-0.1, -0.05) is 121 Å². The van der Waals surface area contributed by atoms with Gasteiger partial charge in [-0.05, 0) is 80.2 Å². The van der Waals surface area contributed by atoms with Crippen LogP contribution >= 0.6 is 0 Å². The largest absolute Gasteiger partial charge is 0.483 e. The van der Waals surface area contributed by atoms with E-state index in [0.717, 1.165) is 48.8 Å². The average Bonchev–Trinajstić information content (AvgIpc) is 3.93. The molecule has 0 bridgehead atoms. The van der Waals surface area contributed by atoms with E-state index in [1.165, 1.54) is 0 Å². The Kier molecular flexibility index (Phi) is 22.5. The molecule has 18 nitrogen and oxygen atoms in total. The number of carbonyl (C=O) groups is 6. The number of esters is 1. The maximum atomic E-state index is 14.7. The van der Waals surface area contributed by atoms with Gasteiger partial charge in [0, 0.05) is 18.4 Å². The summed E-state index contributed by atoms with van der Waals surface area (Å²) in [4.78, 5) is 84.5. The Balaban J connectivity index is 1.20. The van der Waals surface area contributed by atoms with Gasteiger partial charge in [-0.15, -0.1) is 0 Å². The lowest BCUT2D eigenvalue weighted by Gasteiger charge is -2.41. The molecule has 0 saturated carbocycles. The summed E-state index contributed by atoms with van der Waals surface area (Å²) in [5.74, 6) is -1.90. The summed E-state index contributed by atoms with van der Waals surface area (Å²) < 4.78 is 23.6. The summed E-state index contributed by atoms with van der Waals surface area (Å²) in [6.07, 6.45) is 8.26. The fraction of sp³-hybridized carbons (Fsp3) is 0.552. The lowest BCUT2D eigenvalue weighted by Crippen LogP contribution is -2.61. The maximum Gasteiger partial charge on any atom is 0.311 e. The maximum absolute atomic E-state index is 14.7. The predicted octanol–water partition coefficient (Wildman–Crippen LogP) is 6.26. The first kappa shape index (κ1) is 58.8. The number of aryl methyl sites for hydroxylation is 1. The lowest BCUT2D eigenvalue weighted by atomic mass is 9.93. The number of epoxide rings is 1. The number of carbonyl (C=O) groups excluding carboxylic acids is 6. The molecule has 0 aliphatic carbocycles. The highest BCUT2D eigenvalue weighted by molar-refractivity contribution is 5.99. The topological polar surface area (TPSA) is 232 Å². The van der Waals surface area contributed by atoms with Crippen LogP contribution in [-0.4, -0.2) is 124 Å². The Labute approximate surface area is 448 Å². The molecular weight excluding hydrogens is 969 g/mol. The van der Waals surface area contributed by atoms with Gasteiger partial charge in [0.25, 0.3) is 5.91 Å². The van der Waals surface area contributed by atoms with Gasteiger partial charge in [-0.3, -0.25) is 28.8 Å². The van der Waals surface area contributed by atoms with Crippen molar-refractivity contribution in [3.05, 3.63) is 107 Å². The zero-order valence-corrected chi connectivity index (χ0v) is 45.4. The van der Waals surface area contributed by atoms with Gasteiger partial charge in [0.1, 0.15) is 55.7 Å². The van der Waals surface area contributed by atoms with Crippen LogP contribution in [0.1, 0.15) is 122 Å². The first-order valence-corrected chi connectivity index (χ1v) is 27.2. The summed E-state index contributed by atoms with van der Waals surface area (Å²) >= 11 is 0. The summed E-state index contributed by atoms with van der Waals surface area (Å²) in [6.45, 7) is 14.3. The summed E-state index contributed by atoms with van der Waals surface area (Å²) in [5.41, 5.74) is 2.18. The zero-order valence-electron chi connectivity index (χ0n) is 45.4. The van der Waals surface area contributed by atoms with Crippen molar-refractivity contribution in [3.63, 3.8) is 0 Å². The molecule has 412 valence electrons. The van der Waals surface area contributed by atoms with Gasteiger partial charge in [-0.2, -0.15) is 15.4 Å². The summed E-state index contributed by atoms with van der Waals surface area (Å²) in [5, 5.41) is 22.5. The Hall–Kier alpha value is -6.50. The monoisotopic (exact) mass is 1050 g/mol. The van der Waals surface area contributed by atoms with Crippen LogP contribution < -0.4 is 30.7 Å². The second kappa shape index (κ2) is 29.1. The highest BCUT2D eigenvalue weighted by atomic mass is 16.6. The van der Waals surface area contributed by atoms with E-state index in [1.807, 2.05) is 100 Å². The Morgan fingerprint density at radius 2 is 1.34 bits per heavy atom. The molecule has 3 heterocycles. The Morgan fingerprint density at radius 3 is 1.99 bits per heavy atom. The van der Waals surface area contributed by atoms with E-state index in [4.69, 9.17) is 18.9 Å². The third-order valence-electron chi connectivity index (χ3n) is 13.9. The second-order valence-corrected chi connectivity index (χ2v) is 21.5. The van der Waals surface area contributed by atoms with Crippen LogP contribution in [0.4, 0.5) is 0 Å². The van der Waals surface area contributed by atoms with Gasteiger partial charge in [0.15, 0.2) is 23.8 Å². The number of amides is 4. The second-order valence-electron chi connectivity index (χ2n) is 21.5. The first-order valence-electron chi connectivity index (χ1n) is 27.2. The van der Waals surface area contributed by atoms with E-state index in [-0.39, 0.29) is 80.7 Å². The number of aromatic nitrogens is 3. The zero-order chi connectivity index (χ0) is 54.5. The number of morpholine rings is 1. The quantitative estimate of drug-likeness (QED) is 0.0120. The molecule has 0 radical (unpaired) electrons. The molecule has 2 aliphatic rings. The Bertz CT molecular complexity index is 2480. The van der Waals surface area contributed by atoms with E-state index >= 15 is 0 Å². The van der Waals surface area contributed by atoms with Crippen LogP contribution in [0.15, 0.2) is 85.1 Å². The number of nitrogens with one attached hydrogen (secondary N) is 5. The molecule has 5 atom stereocenters. The predicted molar refractivity (Wildman–Crippen MR) is 286 cm³/mol. The van der Waals surface area contributed by atoms with Gasteiger partial charge < -0.3 is 44.7 Å². The molecule has 3 aromatic carbocycles. The van der Waals surface area contributed by atoms with E-state index in [2.05, 4.69) is 43.6 Å². The fourth-order valence-electron chi connectivity index (χ4n) is 9.50. The average molecular weight is 1050 g/mol. The first-order chi connectivity index (χ1) is 36.5. The minimum absolute atomic E-state index is 0.0140. The molecule has 2 aliphatic heterocycles. The number of hydrogen-bond acceptors (Lipinski definition) is 12. The molecule has 5 N–H and O–H groups in total. The molecule has 0 spiro atoms. The van der Waals surface area contributed by atoms with E-state index < -0.39 is 47.5 Å². The number of benzene rings is 3. The van der Waals surface area contributed by atoms with Crippen molar-refractivity contribution in [2.24, 2.45) is 11.8 Å². The number of Topliss-reactive ketones (excluding diaryl/α,β-unsaturated/α-hetero) is 1. The van der Waals surface area contributed by atoms with Crippen LogP contribution in [0.25, 0.3) is 0 Å². The van der Waals surface area contributed by atoms with Crippen LogP contribution in [0, 0.1) is 11.8 Å². The molecule has 1 aromatic heterocycles. The number of ketones is 1. The van der Waals surface area contributed by atoms with Gasteiger partial charge in [-0.25, -0.2) is 0 Å². The molecule has 76 heavy (non-hydrogen) atoms. The highest BCUT2D eigenvalue weighted by Gasteiger charge is 2.50. The van der Waals surface area contributed by atoms with Crippen molar-refractivity contribution in [2.75, 3.05) is 39.5 Å². The molecule has 2 saturated heterocycles. The van der Waals surface area contributed by atoms with Crippen molar-refractivity contribution in [3.8, 4) is 11.5 Å². The van der Waals surface area contributed by atoms with Gasteiger partial charge in [0.2, 0.25) is 17.7 Å². The lowest BCUT2D eigenvalue weighted by molar-refractivity contribution is -0.940. The molecule has 1 unspecified atom stereocenters. The Morgan fingerprint density at radius 1 is 0.724 bits per heavy atom. The van der Waals surface area contributed by atoms with Crippen molar-refractivity contribution >= 4 is 35.4 Å². The van der Waals surface area contributed by atoms with Crippen LogP contribution in [-0.2, 0) is 64.2 Å². The number of rotatable bonds is 32. The SMILES string of the molecule is CCCCCCCC(=O)Oc1ccc(C[N+]2(CC(=O)N[C@@H](CCc3ccccc3)C(=O)NC(CC(C)C)C(=O)N[C@@H](Cc3ccccc3)C(=O)N[C@@H](CC(C)C)C(=O)[C@@]3(C)CO3)CCOCC2)cc1OCc1cn[nH]n1. The minimum atomic E-state index is -1.09. The number of ether oxygens (including phenoxy) is 4. The van der Waals surface area contributed by atoms with E-state index in [0.29, 0.717) is 61.6 Å². The third-order valence-corrected chi connectivity index (χ3v) is 13.9. The summed E-state index contributed by atoms with van der Waals surface area (Å²) in [6, 6.07) is 20.3. The van der Waals surface area contributed by atoms with Crippen LogP contribution in [0.2, 0.25) is 0 Å². The molecular formula is C58H81N8O10+. The molecule has 18 heteroatoms. The van der Waals surface area contributed by atoms with Crippen LogP contribution in [0.3, 0.4) is 0 Å². The van der Waals surface area contributed by atoms with Crippen molar-refractivity contribution < 1.29 is 52.2 Å². The number of quaternary nitrogens is 1. The number of H-pyrrole nitrogens is 1. The molecule has 2 fully saturated rings. The van der Waals surface area contributed by atoms with E-state index in [1.54, 1.807) is 19.2 Å². The minimum Gasteiger partial charge on any atom is -0.483 e. The molecule has 4 aromatic rings. The van der Waals surface area contributed by atoms with Gasteiger partial charge in [0.05, 0.1) is 32.1 Å². The van der Waals surface area contributed by atoms with E-state index in [9.17, 15) is 28.8 Å². The smallest absolute Gasteiger partial charge is 0.311 e. The summed E-state index contributed by atoms with van der Waals surface area (Å²) in [7, 11) is 0. The van der Waals surface area contributed by atoms with Crippen molar-refractivity contribution in [1.82, 2.24) is 36.7 Å². The molecule has 4 amide bonds. The number of unbranched alkanes of at least 4 members (excludes halogenated alkanes) is 4. The highest BCUT2D eigenvalue weighted by Crippen LogP contribution is 2.32. The van der Waals surface area contributed by atoms with Gasteiger partial charge >= 0.3 is 5.97 Å². The fourth-order valence-corrected chi connectivity index (χ4v) is 9.50. The van der Waals surface area contributed by atoms with Crippen molar-refractivity contribution in [1.29, 1.82) is 0 Å². The number of aromatic amines is 1. The number of hydrogen-bond donors (Lipinski definition) is 5. The number of nitrogens with zero attached hydrogens (tertiary/aromatic N) is 3. The standard InChI is InChI=1S/C58H80N8O10/c1-7-8-9-10-17-22-53(68)76-50-26-24-44(34-51(50)74-38-45-35-59-65-64-45)36-66(27-29-73-30-28-66)37-52(67)60-46(25-23-42-18-13-11-14-19-42)55(70)62-48(32-41(4)5)56(71)63-49(33-43-20-15-12-16-21-43)57(72)61-47(31-40(2)3)54(69)58(6)39-75-58/h11-16,18-21,24,26,34-35,40-41,46-49H,7-10,17,22-23,25,27-33,36-39H2,1-6H3,(H4-,59,60,61,62,63,64,65,67,70,71,72)/p+1/t46-,47-,48?,49-,58+/m0/s1. The van der Waals surface area contributed by atoms with Crippen molar-refractivity contribution in [2.45, 2.75) is 155 Å². The molecule has 6 rings (SSSR count). The normalized spacial score (nSPS) is 17.4. The third kappa shape index (κ3) is 19.0. The van der Waals surface area contributed by atoms with Crippen LogP contribution in [0.5, 0.6) is 11.5 Å².